The van der Waals surface area contributed by atoms with Crippen molar-refractivity contribution in [3.63, 3.8) is 0 Å². The molecule has 0 amide bonds. The second kappa shape index (κ2) is 4.85. The fraction of sp³-hybridized carbons (Fsp3) is 0.222. The number of nitrogens with zero attached hydrogens (tertiary/aromatic N) is 2. The minimum atomic E-state index is 0.342. The molecule has 1 atom stereocenters. The van der Waals surface area contributed by atoms with E-state index in [1.165, 1.54) is 16.8 Å². The van der Waals surface area contributed by atoms with Gasteiger partial charge in [0.2, 0.25) is 0 Å². The maximum atomic E-state index is 6.51. The minimum Gasteiger partial charge on any atom is -0.398 e. The molecule has 0 spiro atoms. The Balaban J connectivity index is 1.97. The van der Waals surface area contributed by atoms with Crippen LogP contribution in [0.4, 0.5) is 5.69 Å². The van der Waals surface area contributed by atoms with E-state index < -0.39 is 0 Å². The van der Waals surface area contributed by atoms with Crippen LogP contribution in [0.2, 0.25) is 0 Å². The van der Waals surface area contributed by atoms with E-state index in [9.17, 15) is 0 Å². The molecule has 1 aliphatic rings. The van der Waals surface area contributed by atoms with Crippen LogP contribution in [0.25, 0.3) is 10.9 Å². The predicted octanol–water partition coefficient (Wildman–Crippen LogP) is 3.68. The lowest BCUT2D eigenvalue weighted by Gasteiger charge is -2.27. The van der Waals surface area contributed by atoms with Crippen LogP contribution in [0.3, 0.4) is 0 Å². The molecule has 0 bridgehead atoms. The molecule has 1 aromatic carbocycles. The van der Waals surface area contributed by atoms with Crippen molar-refractivity contribution in [1.82, 2.24) is 9.97 Å². The number of pyridine rings is 2. The smallest absolute Gasteiger partial charge is 0.0726 e. The molecule has 21 heavy (non-hydrogen) atoms. The number of nitrogen functional groups attached to an aromatic ring is 1. The number of benzene rings is 1. The molecule has 3 nitrogen and oxygen atoms in total. The third kappa shape index (κ3) is 1.97. The van der Waals surface area contributed by atoms with Crippen molar-refractivity contribution in [3.05, 3.63) is 65.6 Å². The summed E-state index contributed by atoms with van der Waals surface area (Å²) < 4.78 is 0. The van der Waals surface area contributed by atoms with Gasteiger partial charge in [0.15, 0.2) is 0 Å². The molecule has 0 radical (unpaired) electrons. The van der Waals surface area contributed by atoms with E-state index in [0.717, 1.165) is 35.9 Å². The Labute approximate surface area is 123 Å². The average molecular weight is 275 g/mol. The zero-order valence-corrected chi connectivity index (χ0v) is 11.8. The van der Waals surface area contributed by atoms with Crippen molar-refractivity contribution < 1.29 is 0 Å². The highest BCUT2D eigenvalue weighted by molar-refractivity contribution is 5.92. The van der Waals surface area contributed by atoms with Crippen LogP contribution in [-0.2, 0) is 6.42 Å². The van der Waals surface area contributed by atoms with Gasteiger partial charge in [0.05, 0.1) is 5.52 Å². The van der Waals surface area contributed by atoms with Gasteiger partial charge in [-0.25, -0.2) is 0 Å². The molecular weight excluding hydrogens is 258 g/mol. The summed E-state index contributed by atoms with van der Waals surface area (Å²) in [6.45, 7) is 0. The Bertz CT molecular complexity index is 796. The average Bonchev–Trinajstić information content (AvgIpc) is 2.55. The van der Waals surface area contributed by atoms with Gasteiger partial charge < -0.3 is 5.73 Å². The highest BCUT2D eigenvalue weighted by Crippen LogP contribution is 2.41. The van der Waals surface area contributed by atoms with Crippen LogP contribution in [0.15, 0.2) is 48.8 Å². The topological polar surface area (TPSA) is 51.8 Å². The Morgan fingerprint density at radius 3 is 2.71 bits per heavy atom. The van der Waals surface area contributed by atoms with E-state index >= 15 is 0 Å². The van der Waals surface area contributed by atoms with Gasteiger partial charge in [0.1, 0.15) is 0 Å². The number of para-hydroxylation sites is 1. The van der Waals surface area contributed by atoms with E-state index in [-0.39, 0.29) is 0 Å². The number of anilines is 1. The number of nitrogens with two attached hydrogens (primary N) is 1. The van der Waals surface area contributed by atoms with Gasteiger partial charge in [-0.2, -0.15) is 0 Å². The Hall–Kier alpha value is -2.42. The standard InChI is InChI=1S/C18H17N3/c19-18-14-4-1-2-6-15(14)21-16-7-3-5-13(17(16)18)12-8-10-20-11-9-12/h1-2,4,6,8-11,13H,3,5,7H2,(H2,19,21). The first-order valence-corrected chi connectivity index (χ1v) is 7.41. The molecule has 104 valence electrons. The van der Waals surface area contributed by atoms with Crippen molar-refractivity contribution in [2.24, 2.45) is 0 Å². The highest BCUT2D eigenvalue weighted by atomic mass is 14.7. The molecule has 2 heterocycles. The molecule has 2 aromatic heterocycles. The van der Waals surface area contributed by atoms with Gasteiger partial charge in [0.25, 0.3) is 0 Å². The molecule has 3 aromatic rings. The normalized spacial score (nSPS) is 17.6. The van der Waals surface area contributed by atoms with Crippen LogP contribution in [0.1, 0.15) is 35.6 Å². The van der Waals surface area contributed by atoms with E-state index in [1.807, 2.05) is 30.6 Å². The monoisotopic (exact) mass is 275 g/mol. The summed E-state index contributed by atoms with van der Waals surface area (Å²) in [7, 11) is 0. The fourth-order valence-electron chi connectivity index (χ4n) is 3.43. The minimum absolute atomic E-state index is 0.342. The summed E-state index contributed by atoms with van der Waals surface area (Å²) in [6.07, 6.45) is 7.01. The van der Waals surface area contributed by atoms with E-state index in [0.29, 0.717) is 5.92 Å². The van der Waals surface area contributed by atoms with Crippen LogP contribution in [0, 0.1) is 0 Å². The number of fused-ring (bicyclic) bond motifs is 2. The summed E-state index contributed by atoms with van der Waals surface area (Å²) in [4.78, 5) is 8.98. The molecule has 0 saturated heterocycles. The van der Waals surface area contributed by atoms with Gasteiger partial charge in [-0.05, 0) is 43.0 Å². The third-order valence-electron chi connectivity index (χ3n) is 4.41. The third-order valence-corrected chi connectivity index (χ3v) is 4.41. The molecular formula is C18H17N3. The molecule has 4 rings (SSSR count). The van der Waals surface area contributed by atoms with Crippen molar-refractivity contribution in [2.45, 2.75) is 25.2 Å². The van der Waals surface area contributed by atoms with E-state index in [1.54, 1.807) is 0 Å². The number of hydrogen-bond donors (Lipinski definition) is 1. The molecule has 0 saturated carbocycles. The summed E-state index contributed by atoms with van der Waals surface area (Å²) >= 11 is 0. The first-order valence-electron chi connectivity index (χ1n) is 7.41. The lowest BCUT2D eigenvalue weighted by Crippen LogP contribution is -2.15. The van der Waals surface area contributed by atoms with Crippen LogP contribution >= 0.6 is 0 Å². The zero-order valence-electron chi connectivity index (χ0n) is 11.8. The molecule has 2 N–H and O–H groups in total. The first-order chi connectivity index (χ1) is 10.3. The van der Waals surface area contributed by atoms with Gasteiger partial charge in [-0.3, -0.25) is 9.97 Å². The predicted molar refractivity (Wildman–Crippen MR) is 85.2 cm³/mol. The summed E-state index contributed by atoms with van der Waals surface area (Å²) in [6, 6.07) is 12.3. The number of hydrogen-bond acceptors (Lipinski definition) is 3. The quantitative estimate of drug-likeness (QED) is 0.737. The number of aromatic nitrogens is 2. The Kier molecular flexibility index (Phi) is 2.85. The first kappa shape index (κ1) is 12.3. The Morgan fingerprint density at radius 2 is 1.86 bits per heavy atom. The van der Waals surface area contributed by atoms with Crippen molar-refractivity contribution in [2.75, 3.05) is 5.73 Å². The van der Waals surface area contributed by atoms with E-state index in [2.05, 4.69) is 23.2 Å². The second-order valence-electron chi connectivity index (χ2n) is 5.63. The van der Waals surface area contributed by atoms with Gasteiger partial charge >= 0.3 is 0 Å². The Morgan fingerprint density at radius 1 is 1.05 bits per heavy atom. The highest BCUT2D eigenvalue weighted by Gasteiger charge is 2.26. The summed E-state index contributed by atoms with van der Waals surface area (Å²) in [5.41, 5.74) is 12.1. The number of rotatable bonds is 1. The second-order valence-corrected chi connectivity index (χ2v) is 5.63. The lowest BCUT2D eigenvalue weighted by molar-refractivity contribution is 0.607. The summed E-state index contributed by atoms with van der Waals surface area (Å²) in [5, 5.41) is 1.07. The molecule has 0 aliphatic heterocycles. The zero-order chi connectivity index (χ0) is 14.2. The summed E-state index contributed by atoms with van der Waals surface area (Å²) in [5.74, 6) is 0.342. The van der Waals surface area contributed by atoms with Gasteiger partial charge in [0, 0.05) is 40.6 Å². The van der Waals surface area contributed by atoms with Crippen molar-refractivity contribution >= 4 is 16.6 Å². The van der Waals surface area contributed by atoms with Gasteiger partial charge in [-0.1, -0.05) is 18.2 Å². The maximum absolute atomic E-state index is 6.51. The fourth-order valence-corrected chi connectivity index (χ4v) is 3.43. The largest absolute Gasteiger partial charge is 0.398 e. The molecule has 1 unspecified atom stereocenters. The number of aryl methyl sites for hydroxylation is 1. The van der Waals surface area contributed by atoms with Crippen LogP contribution in [-0.4, -0.2) is 9.97 Å². The van der Waals surface area contributed by atoms with Gasteiger partial charge in [-0.15, -0.1) is 0 Å². The molecule has 0 fully saturated rings. The van der Waals surface area contributed by atoms with E-state index in [4.69, 9.17) is 10.7 Å². The van der Waals surface area contributed by atoms with Crippen molar-refractivity contribution in [3.8, 4) is 0 Å². The van der Waals surface area contributed by atoms with Crippen molar-refractivity contribution in [1.29, 1.82) is 0 Å². The maximum Gasteiger partial charge on any atom is 0.0726 e. The SMILES string of the molecule is Nc1c2c(nc3ccccc13)CCCC2c1ccncc1. The molecule has 3 heteroatoms. The van der Waals surface area contributed by atoms with Crippen LogP contribution < -0.4 is 5.73 Å². The van der Waals surface area contributed by atoms with Crippen LogP contribution in [0.5, 0.6) is 0 Å². The molecule has 1 aliphatic carbocycles. The lowest BCUT2D eigenvalue weighted by atomic mass is 9.80.